The van der Waals surface area contributed by atoms with Gasteiger partial charge in [0, 0.05) is 17.5 Å². The molecule has 2 rings (SSSR count). The monoisotopic (exact) mass is 291 g/mol. The number of hydrogen-bond acceptors (Lipinski definition) is 4. The smallest absolute Gasteiger partial charge is 0.321 e. The maximum Gasteiger partial charge on any atom is 0.321 e. The van der Waals surface area contributed by atoms with Gasteiger partial charge in [0.2, 0.25) is 0 Å². The second-order valence-electron chi connectivity index (χ2n) is 4.15. The summed E-state index contributed by atoms with van der Waals surface area (Å²) in [6.07, 6.45) is 0.905. The highest BCUT2D eigenvalue weighted by molar-refractivity contribution is 7.14. The highest BCUT2D eigenvalue weighted by Gasteiger charge is 2.07. The Morgan fingerprint density at radius 1 is 1.35 bits per heavy atom. The number of benzene rings is 1. The quantitative estimate of drug-likeness (QED) is 0.888. The van der Waals surface area contributed by atoms with Crippen LogP contribution in [-0.2, 0) is 0 Å². The lowest BCUT2D eigenvalue weighted by molar-refractivity contribution is 0.252. The molecule has 0 saturated heterocycles. The number of amides is 2. The van der Waals surface area contributed by atoms with E-state index in [0.29, 0.717) is 11.7 Å². The number of methoxy groups -OCH3 is 1. The molecule has 0 fully saturated rings. The van der Waals surface area contributed by atoms with Gasteiger partial charge in [0.05, 0.1) is 12.8 Å². The first-order valence-electron chi connectivity index (χ1n) is 6.37. The van der Waals surface area contributed by atoms with Gasteiger partial charge in [-0.25, -0.2) is 9.78 Å². The van der Waals surface area contributed by atoms with E-state index in [-0.39, 0.29) is 6.03 Å². The van der Waals surface area contributed by atoms with E-state index in [9.17, 15) is 4.79 Å². The van der Waals surface area contributed by atoms with Gasteiger partial charge in [0.15, 0.2) is 5.13 Å². The van der Waals surface area contributed by atoms with Crippen LogP contribution in [0, 0.1) is 0 Å². The maximum atomic E-state index is 11.5. The Morgan fingerprint density at radius 3 is 2.75 bits per heavy atom. The molecule has 1 heterocycles. The van der Waals surface area contributed by atoms with Crippen LogP contribution in [0.2, 0.25) is 0 Å². The van der Waals surface area contributed by atoms with Crippen molar-refractivity contribution >= 4 is 22.5 Å². The third kappa shape index (κ3) is 3.71. The fourth-order valence-electron chi connectivity index (χ4n) is 1.61. The molecule has 1 aromatic carbocycles. The minimum atomic E-state index is -0.220. The first-order valence-corrected chi connectivity index (χ1v) is 7.25. The zero-order valence-electron chi connectivity index (χ0n) is 11.5. The molecule has 0 atom stereocenters. The van der Waals surface area contributed by atoms with Crippen LogP contribution in [0.1, 0.15) is 13.3 Å². The van der Waals surface area contributed by atoms with Crippen LogP contribution < -0.4 is 15.4 Å². The van der Waals surface area contributed by atoms with Crippen molar-refractivity contribution in [1.29, 1.82) is 0 Å². The molecule has 0 radical (unpaired) electrons. The Labute approximate surface area is 122 Å². The number of nitrogens with one attached hydrogen (secondary N) is 2. The molecule has 2 amide bonds. The van der Waals surface area contributed by atoms with Crippen molar-refractivity contribution in [2.24, 2.45) is 0 Å². The average Bonchev–Trinajstić information content (AvgIpc) is 2.93. The highest BCUT2D eigenvalue weighted by atomic mass is 32.1. The summed E-state index contributed by atoms with van der Waals surface area (Å²) >= 11 is 1.40. The number of aromatic nitrogens is 1. The van der Waals surface area contributed by atoms with Gasteiger partial charge in [-0.1, -0.05) is 6.92 Å². The van der Waals surface area contributed by atoms with Crippen molar-refractivity contribution in [3.8, 4) is 17.0 Å². The number of carbonyl (C=O) groups is 1. The van der Waals surface area contributed by atoms with E-state index in [1.807, 2.05) is 36.6 Å². The summed E-state index contributed by atoms with van der Waals surface area (Å²) in [5, 5.41) is 7.97. The summed E-state index contributed by atoms with van der Waals surface area (Å²) in [4.78, 5) is 15.9. The van der Waals surface area contributed by atoms with Gasteiger partial charge in [0.25, 0.3) is 0 Å². The number of carbonyl (C=O) groups excluding carboxylic acids is 1. The minimum Gasteiger partial charge on any atom is -0.497 e. The van der Waals surface area contributed by atoms with E-state index < -0.39 is 0 Å². The Hall–Kier alpha value is -2.08. The van der Waals surface area contributed by atoms with Crippen molar-refractivity contribution in [1.82, 2.24) is 10.3 Å². The lowest BCUT2D eigenvalue weighted by atomic mass is 10.2. The topological polar surface area (TPSA) is 63.2 Å². The Morgan fingerprint density at radius 2 is 2.10 bits per heavy atom. The van der Waals surface area contributed by atoms with Crippen LogP contribution in [0.3, 0.4) is 0 Å². The van der Waals surface area contributed by atoms with E-state index in [1.165, 1.54) is 11.3 Å². The first-order chi connectivity index (χ1) is 9.72. The molecular formula is C14H17N3O2S. The number of thiazole rings is 1. The van der Waals surface area contributed by atoms with Crippen molar-refractivity contribution < 1.29 is 9.53 Å². The molecular weight excluding hydrogens is 274 g/mol. The third-order valence-electron chi connectivity index (χ3n) is 2.65. The lowest BCUT2D eigenvalue weighted by Crippen LogP contribution is -2.29. The predicted octanol–water partition coefficient (Wildman–Crippen LogP) is 3.35. The number of ether oxygens (including phenoxy) is 1. The van der Waals surface area contributed by atoms with Crippen LogP contribution in [0.25, 0.3) is 11.3 Å². The molecule has 0 aliphatic carbocycles. The second kappa shape index (κ2) is 6.91. The van der Waals surface area contributed by atoms with E-state index >= 15 is 0 Å². The molecule has 2 N–H and O–H groups in total. The molecule has 106 valence electrons. The summed E-state index contributed by atoms with van der Waals surface area (Å²) in [6, 6.07) is 7.43. The van der Waals surface area contributed by atoms with Crippen LogP contribution >= 0.6 is 11.3 Å². The molecule has 20 heavy (non-hydrogen) atoms. The van der Waals surface area contributed by atoms with Gasteiger partial charge >= 0.3 is 6.03 Å². The van der Waals surface area contributed by atoms with Crippen molar-refractivity contribution in [2.75, 3.05) is 19.0 Å². The summed E-state index contributed by atoms with van der Waals surface area (Å²) in [6.45, 7) is 2.66. The SMILES string of the molecule is CCCNC(=O)Nc1nc(-c2ccc(OC)cc2)cs1. The van der Waals surface area contributed by atoms with Gasteiger partial charge in [-0.15, -0.1) is 11.3 Å². The van der Waals surface area contributed by atoms with Crippen LogP contribution in [0.15, 0.2) is 29.6 Å². The normalized spacial score (nSPS) is 10.1. The fourth-order valence-corrected chi connectivity index (χ4v) is 2.32. The van der Waals surface area contributed by atoms with E-state index in [1.54, 1.807) is 7.11 Å². The average molecular weight is 291 g/mol. The molecule has 0 saturated carbocycles. The number of nitrogens with zero attached hydrogens (tertiary/aromatic N) is 1. The van der Waals surface area contributed by atoms with E-state index in [0.717, 1.165) is 23.4 Å². The predicted molar refractivity (Wildman–Crippen MR) is 81.4 cm³/mol. The van der Waals surface area contributed by atoms with Gasteiger partial charge in [0.1, 0.15) is 5.75 Å². The summed E-state index contributed by atoms with van der Waals surface area (Å²) < 4.78 is 5.12. The van der Waals surface area contributed by atoms with Gasteiger partial charge in [-0.05, 0) is 30.7 Å². The number of rotatable bonds is 5. The van der Waals surface area contributed by atoms with Crippen molar-refractivity contribution in [3.05, 3.63) is 29.6 Å². The minimum absolute atomic E-state index is 0.220. The molecule has 1 aromatic heterocycles. The largest absolute Gasteiger partial charge is 0.497 e. The number of hydrogen-bond donors (Lipinski definition) is 2. The highest BCUT2D eigenvalue weighted by Crippen LogP contribution is 2.26. The molecule has 0 unspecified atom stereocenters. The molecule has 0 spiro atoms. The zero-order chi connectivity index (χ0) is 14.4. The first kappa shape index (κ1) is 14.3. The van der Waals surface area contributed by atoms with Crippen LogP contribution in [-0.4, -0.2) is 24.7 Å². The third-order valence-corrected chi connectivity index (χ3v) is 3.40. The second-order valence-corrected chi connectivity index (χ2v) is 5.01. The Bertz CT molecular complexity index is 566. The molecule has 0 bridgehead atoms. The van der Waals surface area contributed by atoms with E-state index in [2.05, 4.69) is 15.6 Å². The molecule has 2 aromatic rings. The molecule has 6 heteroatoms. The number of urea groups is 1. The Balaban J connectivity index is 2.02. The lowest BCUT2D eigenvalue weighted by Gasteiger charge is -2.03. The standard InChI is InChI=1S/C14H17N3O2S/c1-3-8-15-13(18)17-14-16-12(9-20-14)10-4-6-11(19-2)7-5-10/h4-7,9H,3,8H2,1-2H3,(H2,15,16,17,18). The van der Waals surface area contributed by atoms with Crippen LogP contribution in [0.4, 0.5) is 9.93 Å². The Kier molecular flexibility index (Phi) is 4.95. The summed E-state index contributed by atoms with van der Waals surface area (Å²) in [5.74, 6) is 0.807. The molecule has 0 aliphatic rings. The van der Waals surface area contributed by atoms with E-state index in [4.69, 9.17) is 4.74 Å². The maximum absolute atomic E-state index is 11.5. The van der Waals surface area contributed by atoms with Crippen molar-refractivity contribution in [3.63, 3.8) is 0 Å². The zero-order valence-corrected chi connectivity index (χ0v) is 12.3. The van der Waals surface area contributed by atoms with Crippen LogP contribution in [0.5, 0.6) is 5.75 Å². The number of anilines is 1. The van der Waals surface area contributed by atoms with Gasteiger partial charge < -0.3 is 10.1 Å². The van der Waals surface area contributed by atoms with Gasteiger partial charge in [-0.3, -0.25) is 5.32 Å². The van der Waals surface area contributed by atoms with Gasteiger partial charge in [-0.2, -0.15) is 0 Å². The fraction of sp³-hybridized carbons (Fsp3) is 0.286. The molecule has 0 aliphatic heterocycles. The van der Waals surface area contributed by atoms with Crippen molar-refractivity contribution in [2.45, 2.75) is 13.3 Å². The summed E-state index contributed by atoms with van der Waals surface area (Å²) in [7, 11) is 1.63. The molecule has 5 nitrogen and oxygen atoms in total. The summed E-state index contributed by atoms with van der Waals surface area (Å²) in [5.41, 5.74) is 1.83.